The Hall–Kier alpha value is -2.46. The fourth-order valence-electron chi connectivity index (χ4n) is 5.45. The van der Waals surface area contributed by atoms with E-state index in [1.807, 2.05) is 11.8 Å². The predicted molar refractivity (Wildman–Crippen MR) is 189 cm³/mol. The van der Waals surface area contributed by atoms with Crippen LogP contribution in [-0.4, -0.2) is 137 Å². The van der Waals surface area contributed by atoms with Gasteiger partial charge in [-0.2, -0.15) is 11.8 Å². The molecule has 2 aliphatic heterocycles. The molecule has 0 aromatic heterocycles. The number of ether oxygens (including phenoxy) is 3. The summed E-state index contributed by atoms with van der Waals surface area (Å²) in [6.07, 6.45) is 7.98. The largest absolute Gasteiger partial charge is 0.379 e. The molecule has 0 saturated carbocycles. The molecule has 3 atom stereocenters. The second-order valence-electron chi connectivity index (χ2n) is 12.1. The highest BCUT2D eigenvalue weighted by atomic mass is 32.2. The molecule has 276 valence electrons. The number of unbranched alkanes of at least 4 members (excludes halogenated alkanes) is 2. The van der Waals surface area contributed by atoms with E-state index in [1.54, 1.807) is 0 Å². The average molecular weight is 700 g/mol. The topological polar surface area (TPSA) is 172 Å². The van der Waals surface area contributed by atoms with Gasteiger partial charge in [-0.05, 0) is 64.8 Å². The molecule has 14 nitrogen and oxygen atoms in total. The van der Waals surface area contributed by atoms with E-state index < -0.39 is 0 Å². The van der Waals surface area contributed by atoms with Gasteiger partial charge >= 0.3 is 6.03 Å². The molecule has 15 heteroatoms. The minimum absolute atomic E-state index is 0.0121. The van der Waals surface area contributed by atoms with E-state index >= 15 is 0 Å². The third kappa shape index (κ3) is 20.1. The molecule has 0 unspecified atom stereocenters. The number of fused-ring (bicyclic) bond motifs is 1. The Bertz CT molecular complexity index is 933. The van der Waals surface area contributed by atoms with Crippen LogP contribution in [0.25, 0.3) is 0 Å². The normalized spacial score (nSPS) is 18.3. The Morgan fingerprint density at radius 3 is 1.94 bits per heavy atom. The van der Waals surface area contributed by atoms with E-state index in [-0.39, 0.29) is 35.8 Å². The molecular formula is C33H61N7O7S. The zero-order valence-electron chi connectivity index (χ0n) is 29.1. The van der Waals surface area contributed by atoms with Crippen molar-refractivity contribution in [2.75, 3.05) is 84.8 Å². The standard InChI is InChI=1S/C33H61N7O7S/c1-3-40(26-34-2)18-7-6-15-35-30(42)13-8-14-31(43)37-17-10-20-46-22-24-47-23-21-45-19-9-16-36-29(41)12-5-4-11-28-32-27(25-48-28)38-33(44)39-32/h27-28,32H,2-26H2,1H3,(H,35,42)(H,36,41)(H,37,43)(H2,38,39,44)/t27-,28-,32-/m0/s1. The van der Waals surface area contributed by atoms with E-state index in [0.29, 0.717) is 103 Å². The third-order valence-electron chi connectivity index (χ3n) is 8.18. The molecule has 2 rings (SSSR count). The number of urea groups is 1. The van der Waals surface area contributed by atoms with Crippen molar-refractivity contribution in [2.24, 2.45) is 4.99 Å². The second kappa shape index (κ2) is 27.4. The molecular weight excluding hydrogens is 638 g/mol. The van der Waals surface area contributed by atoms with Gasteiger partial charge in [-0.3, -0.25) is 24.3 Å². The van der Waals surface area contributed by atoms with E-state index in [1.165, 1.54) is 0 Å². The van der Waals surface area contributed by atoms with E-state index in [4.69, 9.17) is 14.2 Å². The first-order chi connectivity index (χ1) is 23.4. The van der Waals surface area contributed by atoms with Gasteiger partial charge in [0.1, 0.15) is 0 Å². The smallest absolute Gasteiger partial charge is 0.315 e. The lowest BCUT2D eigenvalue weighted by Crippen LogP contribution is -2.36. The van der Waals surface area contributed by atoms with Gasteiger partial charge in [0.05, 0.1) is 45.2 Å². The summed E-state index contributed by atoms with van der Waals surface area (Å²) in [4.78, 5) is 53.5. The van der Waals surface area contributed by atoms with Crippen molar-refractivity contribution in [1.29, 1.82) is 0 Å². The van der Waals surface area contributed by atoms with Crippen LogP contribution in [0, 0.1) is 0 Å². The van der Waals surface area contributed by atoms with Gasteiger partial charge in [0.15, 0.2) is 0 Å². The Morgan fingerprint density at radius 1 is 0.792 bits per heavy atom. The lowest BCUT2D eigenvalue weighted by Gasteiger charge is -2.17. The first-order valence-corrected chi connectivity index (χ1v) is 18.8. The maximum atomic E-state index is 12.1. The highest BCUT2D eigenvalue weighted by Gasteiger charge is 2.42. The van der Waals surface area contributed by atoms with Crippen molar-refractivity contribution < 1.29 is 33.4 Å². The minimum atomic E-state index is -0.0594. The van der Waals surface area contributed by atoms with Crippen LogP contribution in [0.2, 0.25) is 0 Å². The number of hydrogen-bond donors (Lipinski definition) is 5. The molecule has 0 aromatic rings. The first kappa shape index (κ1) is 41.7. The number of carbonyl (C=O) groups excluding carboxylic acids is 4. The molecule has 0 spiro atoms. The average Bonchev–Trinajstić information content (AvgIpc) is 3.63. The SMILES string of the molecule is C=NCN(CC)CCCCNC(=O)CCCC(=O)NCCCOCCOCCOCCCNC(=O)CCCC[C@@H]1SC[C@@H]2NC(=O)N[C@@H]21. The Kier molecular flexibility index (Phi) is 23.8. The second-order valence-corrected chi connectivity index (χ2v) is 13.4. The van der Waals surface area contributed by atoms with Crippen LogP contribution >= 0.6 is 11.8 Å². The summed E-state index contributed by atoms with van der Waals surface area (Å²) < 4.78 is 16.6. The highest BCUT2D eigenvalue weighted by Crippen LogP contribution is 2.33. The van der Waals surface area contributed by atoms with Gasteiger partial charge in [-0.1, -0.05) is 13.3 Å². The fraction of sp³-hybridized carbons (Fsp3) is 0.848. The number of aliphatic imine (C=N–C) groups is 1. The summed E-state index contributed by atoms with van der Waals surface area (Å²) in [7, 11) is 0. The van der Waals surface area contributed by atoms with Crippen LogP contribution in [0.3, 0.4) is 0 Å². The number of rotatable bonds is 31. The number of carbonyl (C=O) groups is 4. The molecule has 2 aliphatic rings. The summed E-state index contributed by atoms with van der Waals surface area (Å²) in [5, 5.41) is 15.1. The Balaban J connectivity index is 1.24. The van der Waals surface area contributed by atoms with Gasteiger partial charge in [0, 0.05) is 63.1 Å². The van der Waals surface area contributed by atoms with E-state index in [0.717, 1.165) is 57.4 Å². The van der Waals surface area contributed by atoms with Crippen LogP contribution in [0.4, 0.5) is 4.79 Å². The van der Waals surface area contributed by atoms with Gasteiger partial charge in [0.2, 0.25) is 17.7 Å². The summed E-state index contributed by atoms with van der Waals surface area (Å²) in [5.41, 5.74) is 0. The summed E-state index contributed by atoms with van der Waals surface area (Å²) >= 11 is 1.90. The van der Waals surface area contributed by atoms with Gasteiger partial charge in [-0.25, -0.2) is 4.79 Å². The molecule has 2 heterocycles. The molecule has 0 radical (unpaired) electrons. The molecule has 0 aromatic carbocycles. The number of amides is 5. The third-order valence-corrected chi connectivity index (χ3v) is 9.69. The van der Waals surface area contributed by atoms with E-state index in [2.05, 4.69) is 50.1 Å². The Morgan fingerprint density at radius 2 is 1.35 bits per heavy atom. The maximum absolute atomic E-state index is 12.1. The lowest BCUT2D eigenvalue weighted by molar-refractivity contribution is -0.123. The van der Waals surface area contributed by atoms with Crippen molar-refractivity contribution in [2.45, 2.75) is 94.9 Å². The van der Waals surface area contributed by atoms with E-state index in [9.17, 15) is 19.2 Å². The first-order valence-electron chi connectivity index (χ1n) is 17.8. The molecule has 2 saturated heterocycles. The molecule has 0 aliphatic carbocycles. The van der Waals surface area contributed by atoms with Crippen LogP contribution in [0.5, 0.6) is 0 Å². The lowest BCUT2D eigenvalue weighted by atomic mass is 10.0. The van der Waals surface area contributed by atoms with Crippen molar-refractivity contribution in [3.63, 3.8) is 0 Å². The number of hydrogen-bond acceptors (Lipinski definition) is 10. The zero-order valence-corrected chi connectivity index (χ0v) is 29.9. The van der Waals surface area contributed by atoms with Crippen molar-refractivity contribution in [3.8, 4) is 0 Å². The monoisotopic (exact) mass is 699 g/mol. The maximum Gasteiger partial charge on any atom is 0.315 e. The van der Waals surface area contributed by atoms with Gasteiger partial charge in [0.25, 0.3) is 0 Å². The predicted octanol–water partition coefficient (Wildman–Crippen LogP) is 1.82. The minimum Gasteiger partial charge on any atom is -0.379 e. The Labute approximate surface area is 291 Å². The molecule has 5 amide bonds. The summed E-state index contributed by atoms with van der Waals surface area (Å²) in [6.45, 7) is 12.9. The summed E-state index contributed by atoms with van der Waals surface area (Å²) in [6, 6.07) is 0.413. The number of thioether (sulfide) groups is 1. The van der Waals surface area contributed by atoms with Crippen LogP contribution in [0.15, 0.2) is 4.99 Å². The molecule has 0 bridgehead atoms. The molecule has 48 heavy (non-hydrogen) atoms. The quantitative estimate of drug-likeness (QED) is 0.0411. The van der Waals surface area contributed by atoms with Crippen molar-refractivity contribution in [3.05, 3.63) is 0 Å². The van der Waals surface area contributed by atoms with Crippen LogP contribution in [-0.2, 0) is 28.6 Å². The van der Waals surface area contributed by atoms with Crippen LogP contribution < -0.4 is 26.6 Å². The number of nitrogens with zero attached hydrogens (tertiary/aromatic N) is 2. The summed E-state index contributed by atoms with van der Waals surface area (Å²) in [5.74, 6) is 0.974. The fourth-order valence-corrected chi connectivity index (χ4v) is 7.00. The zero-order chi connectivity index (χ0) is 34.7. The van der Waals surface area contributed by atoms with Gasteiger partial charge < -0.3 is 40.8 Å². The van der Waals surface area contributed by atoms with Crippen molar-refractivity contribution >= 4 is 42.2 Å². The molecule has 5 N–H and O–H groups in total. The number of nitrogens with one attached hydrogen (secondary N) is 5. The van der Waals surface area contributed by atoms with Gasteiger partial charge in [-0.15, -0.1) is 0 Å². The van der Waals surface area contributed by atoms with Crippen molar-refractivity contribution in [1.82, 2.24) is 31.5 Å². The highest BCUT2D eigenvalue weighted by molar-refractivity contribution is 8.00. The molecule has 2 fully saturated rings. The van der Waals surface area contributed by atoms with Crippen LogP contribution in [0.1, 0.15) is 77.6 Å².